The molecule has 0 aromatic carbocycles. The average molecular weight is 442 g/mol. The van der Waals surface area contributed by atoms with Crippen molar-refractivity contribution in [1.29, 1.82) is 0 Å². The van der Waals surface area contributed by atoms with E-state index in [1.807, 2.05) is 11.4 Å². The Balaban J connectivity index is 0.000000381. The van der Waals surface area contributed by atoms with Crippen molar-refractivity contribution in [2.24, 2.45) is 0 Å². The number of aromatic carboxylic acids is 1. The standard InChI is InChI=1S/C11H10BrN3O2S.C2HF3O2/c12-10-7(1-2-18-10)3-13-4-8-5-15-9(6-14-8)11(16)17;3-2(4,5)1(6)7/h1-2,5-6,13H,3-4H2,(H,16,17);(H,6,7). The van der Waals surface area contributed by atoms with Gasteiger partial charge >= 0.3 is 18.1 Å². The summed E-state index contributed by atoms with van der Waals surface area (Å²) in [7, 11) is 0. The number of carbonyl (C=O) groups is 2. The number of hydrogen-bond acceptors (Lipinski definition) is 6. The molecule has 0 amide bonds. The Morgan fingerprint density at radius 3 is 2.24 bits per heavy atom. The van der Waals surface area contributed by atoms with E-state index in [9.17, 15) is 18.0 Å². The van der Waals surface area contributed by atoms with Crippen LogP contribution in [0.2, 0.25) is 0 Å². The van der Waals surface area contributed by atoms with E-state index in [4.69, 9.17) is 15.0 Å². The van der Waals surface area contributed by atoms with Crippen molar-refractivity contribution in [2.45, 2.75) is 19.3 Å². The van der Waals surface area contributed by atoms with Crippen LogP contribution < -0.4 is 5.32 Å². The molecule has 0 aliphatic carbocycles. The highest BCUT2D eigenvalue weighted by atomic mass is 79.9. The van der Waals surface area contributed by atoms with Crippen LogP contribution in [0.5, 0.6) is 0 Å². The minimum atomic E-state index is -5.08. The molecule has 0 fully saturated rings. The van der Waals surface area contributed by atoms with Crippen LogP contribution in [-0.4, -0.2) is 38.3 Å². The van der Waals surface area contributed by atoms with E-state index in [2.05, 4.69) is 31.2 Å². The molecule has 0 aliphatic rings. The number of nitrogens with one attached hydrogen (secondary N) is 1. The van der Waals surface area contributed by atoms with Gasteiger partial charge in [-0.15, -0.1) is 11.3 Å². The van der Waals surface area contributed by atoms with Gasteiger partial charge in [-0.1, -0.05) is 0 Å². The first-order valence-electron chi connectivity index (χ1n) is 6.38. The number of thiophene rings is 1. The highest BCUT2D eigenvalue weighted by Crippen LogP contribution is 2.23. The lowest BCUT2D eigenvalue weighted by atomic mass is 10.3. The normalized spacial score (nSPS) is 10.7. The maximum absolute atomic E-state index is 10.6. The molecule has 0 unspecified atom stereocenters. The fourth-order valence-corrected chi connectivity index (χ4v) is 2.57. The summed E-state index contributed by atoms with van der Waals surface area (Å²) >= 11 is 5.10. The van der Waals surface area contributed by atoms with E-state index in [0.717, 1.165) is 10.3 Å². The predicted molar refractivity (Wildman–Crippen MR) is 85.2 cm³/mol. The van der Waals surface area contributed by atoms with Gasteiger partial charge in [0.05, 0.1) is 21.9 Å². The van der Waals surface area contributed by atoms with Gasteiger partial charge in [0.15, 0.2) is 5.69 Å². The molecule has 2 rings (SSSR count). The number of carboxylic acids is 2. The molecule has 25 heavy (non-hydrogen) atoms. The van der Waals surface area contributed by atoms with Crippen molar-refractivity contribution in [2.75, 3.05) is 0 Å². The number of halogens is 4. The van der Waals surface area contributed by atoms with Gasteiger partial charge in [-0.2, -0.15) is 13.2 Å². The summed E-state index contributed by atoms with van der Waals surface area (Å²) in [5, 5.41) is 21.0. The molecule has 2 heterocycles. The Kier molecular flexibility index (Phi) is 7.93. The molecule has 3 N–H and O–H groups in total. The molecule has 0 spiro atoms. The summed E-state index contributed by atoms with van der Waals surface area (Å²) in [4.78, 5) is 27.3. The topological polar surface area (TPSA) is 112 Å². The van der Waals surface area contributed by atoms with E-state index in [1.54, 1.807) is 11.3 Å². The van der Waals surface area contributed by atoms with Crippen LogP contribution in [0.1, 0.15) is 21.7 Å². The average Bonchev–Trinajstić information content (AvgIpc) is 2.93. The Morgan fingerprint density at radius 2 is 1.84 bits per heavy atom. The zero-order valence-electron chi connectivity index (χ0n) is 12.2. The van der Waals surface area contributed by atoms with Crippen molar-refractivity contribution in [3.05, 3.63) is 44.6 Å². The van der Waals surface area contributed by atoms with Gasteiger partial charge in [-0.25, -0.2) is 14.6 Å². The minimum absolute atomic E-state index is 0.0423. The lowest BCUT2D eigenvalue weighted by molar-refractivity contribution is -0.192. The van der Waals surface area contributed by atoms with Crippen molar-refractivity contribution in [3.63, 3.8) is 0 Å². The van der Waals surface area contributed by atoms with Gasteiger partial charge in [-0.05, 0) is 32.9 Å². The zero-order valence-corrected chi connectivity index (χ0v) is 14.7. The highest BCUT2D eigenvalue weighted by molar-refractivity contribution is 9.11. The van der Waals surface area contributed by atoms with E-state index in [0.29, 0.717) is 12.2 Å². The maximum atomic E-state index is 10.6. The first kappa shape index (κ1) is 21.0. The second-order valence-corrected chi connectivity index (χ2v) is 6.56. The third-order valence-corrected chi connectivity index (χ3v) is 4.29. The quantitative estimate of drug-likeness (QED) is 0.653. The first-order chi connectivity index (χ1) is 11.6. The smallest absolute Gasteiger partial charge is 0.476 e. The van der Waals surface area contributed by atoms with Crippen molar-refractivity contribution in [1.82, 2.24) is 15.3 Å². The third-order valence-electron chi connectivity index (χ3n) is 2.48. The molecule has 7 nitrogen and oxygen atoms in total. The number of alkyl halides is 3. The summed E-state index contributed by atoms with van der Waals surface area (Å²) in [6, 6.07) is 2.04. The second-order valence-electron chi connectivity index (χ2n) is 4.32. The fraction of sp³-hybridized carbons (Fsp3) is 0.231. The monoisotopic (exact) mass is 441 g/mol. The van der Waals surface area contributed by atoms with Gasteiger partial charge < -0.3 is 15.5 Å². The fourth-order valence-electron chi connectivity index (χ4n) is 1.33. The Hall–Kier alpha value is -2.05. The molecule has 12 heteroatoms. The van der Waals surface area contributed by atoms with Crippen molar-refractivity contribution < 1.29 is 33.0 Å². The van der Waals surface area contributed by atoms with Gasteiger partial charge in [0.2, 0.25) is 0 Å². The summed E-state index contributed by atoms with van der Waals surface area (Å²) in [5.74, 6) is -3.82. The lowest BCUT2D eigenvalue weighted by Crippen LogP contribution is -2.21. The van der Waals surface area contributed by atoms with Crippen LogP contribution in [0.4, 0.5) is 13.2 Å². The molecule has 0 radical (unpaired) electrons. The summed E-state index contributed by atoms with van der Waals surface area (Å²) in [5.41, 5.74) is 1.86. The molecule has 136 valence electrons. The highest BCUT2D eigenvalue weighted by Gasteiger charge is 2.38. The molecule has 0 saturated heterocycles. The first-order valence-corrected chi connectivity index (χ1v) is 8.05. The van der Waals surface area contributed by atoms with Gasteiger partial charge in [0.1, 0.15) is 0 Å². The number of carboxylic acid groups (broad SMARTS) is 2. The van der Waals surface area contributed by atoms with E-state index >= 15 is 0 Å². The van der Waals surface area contributed by atoms with Crippen LogP contribution in [0, 0.1) is 0 Å². The van der Waals surface area contributed by atoms with Crippen molar-refractivity contribution in [3.8, 4) is 0 Å². The number of nitrogens with zero attached hydrogens (tertiary/aromatic N) is 2. The molecular weight excluding hydrogens is 431 g/mol. The number of rotatable bonds is 5. The third kappa shape index (κ3) is 7.58. The Labute approximate surface area is 151 Å². The summed E-state index contributed by atoms with van der Waals surface area (Å²) in [6.07, 6.45) is -2.35. The van der Waals surface area contributed by atoms with Crippen LogP contribution in [0.3, 0.4) is 0 Å². The summed E-state index contributed by atoms with van der Waals surface area (Å²) in [6.45, 7) is 1.28. The molecule has 0 bridgehead atoms. The van der Waals surface area contributed by atoms with Gasteiger partial charge in [0.25, 0.3) is 0 Å². The molecule has 2 aromatic heterocycles. The van der Waals surface area contributed by atoms with Gasteiger partial charge in [0, 0.05) is 13.1 Å². The van der Waals surface area contributed by atoms with Crippen molar-refractivity contribution >= 4 is 39.2 Å². The number of hydrogen-bond donors (Lipinski definition) is 3. The van der Waals surface area contributed by atoms with Crippen LogP contribution >= 0.6 is 27.3 Å². The molecule has 2 aromatic rings. The SMILES string of the molecule is O=C(O)C(F)(F)F.O=C(O)c1cnc(CNCc2ccsc2Br)cn1. The summed E-state index contributed by atoms with van der Waals surface area (Å²) < 4.78 is 32.8. The largest absolute Gasteiger partial charge is 0.490 e. The number of aromatic nitrogens is 2. The van der Waals surface area contributed by atoms with Crippen LogP contribution in [0.25, 0.3) is 0 Å². The van der Waals surface area contributed by atoms with Gasteiger partial charge in [-0.3, -0.25) is 4.98 Å². The Bertz CT molecular complexity index is 722. The van der Waals surface area contributed by atoms with E-state index in [-0.39, 0.29) is 5.69 Å². The molecule has 0 atom stereocenters. The molecule has 0 aliphatic heterocycles. The van der Waals surface area contributed by atoms with E-state index in [1.165, 1.54) is 18.0 Å². The van der Waals surface area contributed by atoms with Crippen LogP contribution in [0.15, 0.2) is 27.6 Å². The Morgan fingerprint density at radius 1 is 1.20 bits per heavy atom. The molecular formula is C13H11BrF3N3O4S. The van der Waals surface area contributed by atoms with E-state index < -0.39 is 18.1 Å². The number of aliphatic carboxylic acids is 1. The molecule has 0 saturated carbocycles. The predicted octanol–water partition coefficient (Wildman–Crippen LogP) is 2.92. The lowest BCUT2D eigenvalue weighted by Gasteiger charge is -2.03. The minimum Gasteiger partial charge on any atom is -0.476 e. The van der Waals surface area contributed by atoms with Crippen LogP contribution in [-0.2, 0) is 17.9 Å². The zero-order chi connectivity index (χ0) is 19.0. The second kappa shape index (κ2) is 9.44. The maximum Gasteiger partial charge on any atom is 0.490 e.